The van der Waals surface area contributed by atoms with Crippen molar-refractivity contribution in [2.24, 2.45) is 5.92 Å². The second-order valence-electron chi connectivity index (χ2n) is 6.71. The minimum Gasteiger partial charge on any atom is -0.494 e. The molecule has 1 N–H and O–H groups in total. The Bertz CT molecular complexity index is 793. The van der Waals surface area contributed by atoms with Crippen LogP contribution in [0, 0.1) is 5.92 Å². The third-order valence-electron chi connectivity index (χ3n) is 5.04. The summed E-state index contributed by atoms with van der Waals surface area (Å²) < 4.78 is 5.92. The number of Topliss-reactive ketones (excluding diaryl/α,β-unsaturated/α-hetero) is 1. The van der Waals surface area contributed by atoms with E-state index in [0.717, 1.165) is 47.9 Å². The summed E-state index contributed by atoms with van der Waals surface area (Å²) in [5.41, 5.74) is 3.24. The molecule has 1 aliphatic heterocycles. The molecule has 0 radical (unpaired) electrons. The van der Waals surface area contributed by atoms with E-state index in [1.165, 1.54) is 12.8 Å². The summed E-state index contributed by atoms with van der Waals surface area (Å²) >= 11 is 0. The van der Waals surface area contributed by atoms with Crippen LogP contribution in [0.25, 0.3) is 11.6 Å². The second kappa shape index (κ2) is 7.19. The first kappa shape index (κ1) is 16.0. The number of aromatic nitrogens is 1. The smallest absolute Gasteiger partial charge is 0.194 e. The maximum Gasteiger partial charge on any atom is 0.194 e. The van der Waals surface area contributed by atoms with Crippen LogP contribution in [0.15, 0.2) is 42.7 Å². The molecule has 2 heterocycles. The summed E-state index contributed by atoms with van der Waals surface area (Å²) in [6.45, 7) is 2.93. The lowest BCUT2D eigenvalue weighted by molar-refractivity contribution is 0.105. The highest BCUT2D eigenvalue weighted by molar-refractivity contribution is 6.37. The topological polar surface area (TPSA) is 51.2 Å². The first-order valence-electron chi connectivity index (χ1n) is 8.95. The SMILES string of the molecule is O=C1C(c2cccnc2)=Cc2ccc(OCCC3CCNCC3)cc21. The van der Waals surface area contributed by atoms with E-state index in [0.29, 0.717) is 12.2 Å². The van der Waals surface area contributed by atoms with Crippen molar-refractivity contribution in [3.8, 4) is 5.75 Å². The molecule has 4 rings (SSSR count). The monoisotopic (exact) mass is 334 g/mol. The van der Waals surface area contributed by atoms with Crippen LogP contribution in [0.1, 0.15) is 40.7 Å². The number of fused-ring (bicyclic) bond motifs is 1. The molecule has 0 spiro atoms. The molecule has 0 saturated carbocycles. The molecule has 2 aromatic rings. The average Bonchev–Trinajstić information content (AvgIpc) is 3.00. The number of benzene rings is 1. The molecule has 1 aromatic heterocycles. The molecule has 1 saturated heterocycles. The van der Waals surface area contributed by atoms with E-state index in [4.69, 9.17) is 4.74 Å². The molecule has 4 nitrogen and oxygen atoms in total. The van der Waals surface area contributed by atoms with E-state index >= 15 is 0 Å². The Balaban J connectivity index is 1.41. The number of pyridine rings is 1. The Morgan fingerprint density at radius 3 is 2.88 bits per heavy atom. The fraction of sp³-hybridized carbons (Fsp3) is 0.333. The van der Waals surface area contributed by atoms with Gasteiger partial charge in [-0.05, 0) is 68.1 Å². The van der Waals surface area contributed by atoms with Gasteiger partial charge in [-0.25, -0.2) is 0 Å². The number of hydrogen-bond acceptors (Lipinski definition) is 4. The Kier molecular flexibility index (Phi) is 4.61. The number of ketones is 1. The third-order valence-corrected chi connectivity index (χ3v) is 5.04. The fourth-order valence-corrected chi connectivity index (χ4v) is 3.56. The lowest BCUT2D eigenvalue weighted by atomic mass is 9.95. The zero-order valence-corrected chi connectivity index (χ0v) is 14.2. The normalized spacial score (nSPS) is 17.3. The second-order valence-corrected chi connectivity index (χ2v) is 6.71. The predicted octanol–water partition coefficient (Wildman–Crippen LogP) is 3.59. The molecule has 1 aliphatic carbocycles. The van der Waals surface area contributed by atoms with Gasteiger partial charge in [-0.1, -0.05) is 12.1 Å². The molecule has 0 atom stereocenters. The van der Waals surface area contributed by atoms with Crippen molar-refractivity contribution < 1.29 is 9.53 Å². The van der Waals surface area contributed by atoms with Crippen LogP contribution in [0.2, 0.25) is 0 Å². The highest BCUT2D eigenvalue weighted by Crippen LogP contribution is 2.33. The average molecular weight is 334 g/mol. The van der Waals surface area contributed by atoms with Crippen molar-refractivity contribution in [2.75, 3.05) is 19.7 Å². The Morgan fingerprint density at radius 2 is 2.08 bits per heavy atom. The highest BCUT2D eigenvalue weighted by Gasteiger charge is 2.24. The molecule has 0 bridgehead atoms. The number of carbonyl (C=O) groups excluding carboxylic acids is 1. The van der Waals surface area contributed by atoms with Gasteiger partial charge in [-0.3, -0.25) is 9.78 Å². The standard InChI is InChI=1S/C21H22N2O2/c24-21-19(17-2-1-8-23-14-17)12-16-3-4-18(13-20(16)21)25-11-7-15-5-9-22-10-6-15/h1-4,8,12-15,22H,5-7,9-11H2. The molecule has 25 heavy (non-hydrogen) atoms. The first-order chi connectivity index (χ1) is 12.3. The summed E-state index contributed by atoms with van der Waals surface area (Å²) in [4.78, 5) is 16.8. The van der Waals surface area contributed by atoms with Gasteiger partial charge in [0, 0.05) is 29.1 Å². The van der Waals surface area contributed by atoms with Crippen molar-refractivity contribution in [3.05, 3.63) is 59.4 Å². The number of allylic oxidation sites excluding steroid dienone is 1. The summed E-state index contributed by atoms with van der Waals surface area (Å²) in [5, 5.41) is 3.38. The number of nitrogens with one attached hydrogen (secondary N) is 1. The summed E-state index contributed by atoms with van der Waals surface area (Å²) in [6, 6.07) is 9.56. The molecular formula is C21H22N2O2. The van der Waals surface area contributed by atoms with Crippen molar-refractivity contribution in [1.82, 2.24) is 10.3 Å². The zero-order valence-electron chi connectivity index (χ0n) is 14.2. The summed E-state index contributed by atoms with van der Waals surface area (Å²) in [5.74, 6) is 1.57. The van der Waals surface area contributed by atoms with Gasteiger partial charge >= 0.3 is 0 Å². The maximum absolute atomic E-state index is 12.7. The lowest BCUT2D eigenvalue weighted by Crippen LogP contribution is -2.28. The van der Waals surface area contributed by atoms with E-state index in [1.54, 1.807) is 12.4 Å². The predicted molar refractivity (Wildman–Crippen MR) is 98.6 cm³/mol. The summed E-state index contributed by atoms with van der Waals surface area (Å²) in [6.07, 6.45) is 8.91. The number of piperidine rings is 1. The molecular weight excluding hydrogens is 312 g/mol. The Labute approximate surface area is 147 Å². The highest BCUT2D eigenvalue weighted by atomic mass is 16.5. The van der Waals surface area contributed by atoms with E-state index < -0.39 is 0 Å². The molecule has 1 fully saturated rings. The molecule has 4 heteroatoms. The van der Waals surface area contributed by atoms with Gasteiger partial charge in [-0.2, -0.15) is 0 Å². The minimum absolute atomic E-state index is 0.0480. The van der Waals surface area contributed by atoms with Crippen molar-refractivity contribution >= 4 is 17.4 Å². The van der Waals surface area contributed by atoms with E-state index in [-0.39, 0.29) is 5.78 Å². The third kappa shape index (κ3) is 3.49. The molecule has 128 valence electrons. The van der Waals surface area contributed by atoms with E-state index in [1.807, 2.05) is 36.4 Å². The lowest BCUT2D eigenvalue weighted by Gasteiger charge is -2.22. The molecule has 2 aliphatic rings. The number of nitrogens with zero attached hydrogens (tertiary/aromatic N) is 1. The van der Waals surface area contributed by atoms with Crippen LogP contribution < -0.4 is 10.1 Å². The van der Waals surface area contributed by atoms with Crippen LogP contribution in [0.4, 0.5) is 0 Å². The molecule has 0 unspecified atom stereocenters. The van der Waals surface area contributed by atoms with Crippen LogP contribution >= 0.6 is 0 Å². The first-order valence-corrected chi connectivity index (χ1v) is 8.95. The van der Waals surface area contributed by atoms with Gasteiger partial charge in [0.1, 0.15) is 5.75 Å². The van der Waals surface area contributed by atoms with Crippen molar-refractivity contribution in [2.45, 2.75) is 19.3 Å². The van der Waals surface area contributed by atoms with E-state index in [2.05, 4.69) is 10.3 Å². The summed E-state index contributed by atoms with van der Waals surface area (Å²) in [7, 11) is 0. The molecule has 0 amide bonds. The van der Waals surface area contributed by atoms with Crippen LogP contribution in [0.3, 0.4) is 0 Å². The van der Waals surface area contributed by atoms with E-state index in [9.17, 15) is 4.79 Å². The maximum atomic E-state index is 12.7. The number of hydrogen-bond donors (Lipinski definition) is 1. The number of rotatable bonds is 5. The van der Waals surface area contributed by atoms with Gasteiger partial charge < -0.3 is 10.1 Å². The van der Waals surface area contributed by atoms with Gasteiger partial charge in [-0.15, -0.1) is 0 Å². The van der Waals surface area contributed by atoms with Gasteiger partial charge in [0.2, 0.25) is 0 Å². The Hall–Kier alpha value is -2.46. The minimum atomic E-state index is 0.0480. The van der Waals surface area contributed by atoms with Gasteiger partial charge in [0.05, 0.1) is 6.61 Å². The van der Waals surface area contributed by atoms with Crippen molar-refractivity contribution in [3.63, 3.8) is 0 Å². The zero-order chi connectivity index (χ0) is 17.1. The largest absolute Gasteiger partial charge is 0.494 e. The number of carbonyl (C=O) groups is 1. The van der Waals surface area contributed by atoms with Crippen LogP contribution in [-0.2, 0) is 0 Å². The quantitative estimate of drug-likeness (QED) is 0.908. The number of ether oxygens (including phenoxy) is 1. The van der Waals surface area contributed by atoms with Gasteiger partial charge in [0.15, 0.2) is 5.78 Å². The Morgan fingerprint density at radius 1 is 1.20 bits per heavy atom. The fourth-order valence-electron chi connectivity index (χ4n) is 3.56. The van der Waals surface area contributed by atoms with Crippen LogP contribution in [-0.4, -0.2) is 30.5 Å². The van der Waals surface area contributed by atoms with Crippen molar-refractivity contribution in [1.29, 1.82) is 0 Å². The van der Waals surface area contributed by atoms with Gasteiger partial charge in [0.25, 0.3) is 0 Å². The molecule has 1 aromatic carbocycles. The van der Waals surface area contributed by atoms with Crippen LogP contribution in [0.5, 0.6) is 5.75 Å².